The highest BCUT2D eigenvalue weighted by atomic mass is 32.1. The molecule has 1 aromatic carbocycles. The van der Waals surface area contributed by atoms with Gasteiger partial charge < -0.3 is 4.90 Å². The molecule has 0 aliphatic carbocycles. The molecule has 0 unspecified atom stereocenters. The Morgan fingerprint density at radius 1 is 1.50 bits per heavy atom. The topological polar surface area (TPSA) is 3.24 Å². The van der Waals surface area contributed by atoms with Gasteiger partial charge in [-0.05, 0) is 23.8 Å². The Hall–Kier alpha value is -0.960. The molecule has 0 bridgehead atoms. The van der Waals surface area contributed by atoms with Gasteiger partial charge in [-0.3, -0.25) is 0 Å². The van der Waals surface area contributed by atoms with Gasteiger partial charge in [-0.1, -0.05) is 12.2 Å². The first-order chi connectivity index (χ1) is 5.68. The molecule has 62 valence electrons. The van der Waals surface area contributed by atoms with Gasteiger partial charge >= 0.3 is 0 Å². The summed E-state index contributed by atoms with van der Waals surface area (Å²) in [5.74, 6) is -0.188. The number of thiocarbonyl (C=S) groups is 1. The SMILES string of the molecule is CN1C(=S)Cc2cc(F)ccc21. The summed E-state index contributed by atoms with van der Waals surface area (Å²) < 4.78 is 12.8. The van der Waals surface area contributed by atoms with Crippen molar-refractivity contribution in [3.8, 4) is 0 Å². The average molecular weight is 181 g/mol. The van der Waals surface area contributed by atoms with Crippen LogP contribution in [0.15, 0.2) is 18.2 Å². The van der Waals surface area contributed by atoms with Gasteiger partial charge in [0, 0.05) is 19.2 Å². The summed E-state index contributed by atoms with van der Waals surface area (Å²) in [5, 5.41) is 0. The minimum Gasteiger partial charge on any atom is -0.339 e. The summed E-state index contributed by atoms with van der Waals surface area (Å²) in [6, 6.07) is 4.78. The number of nitrogens with zero attached hydrogens (tertiary/aromatic N) is 1. The molecular formula is C9H8FNS. The number of rotatable bonds is 0. The molecule has 1 heterocycles. The van der Waals surface area contributed by atoms with E-state index < -0.39 is 0 Å². The van der Waals surface area contributed by atoms with Gasteiger partial charge in [0.2, 0.25) is 0 Å². The summed E-state index contributed by atoms with van der Waals surface area (Å²) in [4.78, 5) is 2.78. The van der Waals surface area contributed by atoms with Crippen molar-refractivity contribution in [1.82, 2.24) is 0 Å². The Labute approximate surface area is 75.8 Å². The first-order valence-corrected chi connectivity index (χ1v) is 4.14. The molecule has 0 N–H and O–H groups in total. The fourth-order valence-electron chi connectivity index (χ4n) is 1.44. The molecule has 1 aliphatic heterocycles. The van der Waals surface area contributed by atoms with E-state index in [0.29, 0.717) is 6.42 Å². The lowest BCUT2D eigenvalue weighted by atomic mass is 10.2. The Kier molecular flexibility index (Phi) is 1.61. The molecule has 2 rings (SSSR count). The molecular weight excluding hydrogens is 173 g/mol. The van der Waals surface area contributed by atoms with E-state index in [1.807, 2.05) is 11.9 Å². The fourth-order valence-corrected chi connectivity index (χ4v) is 1.69. The second kappa shape index (κ2) is 2.52. The van der Waals surface area contributed by atoms with E-state index in [9.17, 15) is 4.39 Å². The van der Waals surface area contributed by atoms with Crippen LogP contribution in [0, 0.1) is 5.82 Å². The van der Waals surface area contributed by atoms with Crippen LogP contribution in [0.5, 0.6) is 0 Å². The third-order valence-corrected chi connectivity index (χ3v) is 2.54. The van der Waals surface area contributed by atoms with Crippen molar-refractivity contribution < 1.29 is 4.39 Å². The zero-order valence-electron chi connectivity index (χ0n) is 6.67. The maximum atomic E-state index is 12.8. The standard InChI is InChI=1S/C9H8FNS/c1-11-8-3-2-7(10)4-6(8)5-9(11)12/h2-4H,5H2,1H3. The molecule has 0 fully saturated rings. The van der Waals surface area contributed by atoms with Gasteiger partial charge in [0.1, 0.15) is 5.82 Å². The van der Waals surface area contributed by atoms with Crippen molar-refractivity contribution in [3.63, 3.8) is 0 Å². The van der Waals surface area contributed by atoms with Crippen molar-refractivity contribution in [2.75, 3.05) is 11.9 Å². The maximum Gasteiger partial charge on any atom is 0.123 e. The minimum absolute atomic E-state index is 0.188. The molecule has 1 aliphatic rings. The quantitative estimate of drug-likeness (QED) is 0.564. The van der Waals surface area contributed by atoms with E-state index in [-0.39, 0.29) is 5.82 Å². The zero-order chi connectivity index (χ0) is 8.72. The predicted octanol–water partition coefficient (Wildman–Crippen LogP) is 2.15. The number of hydrogen-bond acceptors (Lipinski definition) is 1. The van der Waals surface area contributed by atoms with Crippen molar-refractivity contribution >= 4 is 22.9 Å². The molecule has 0 saturated heterocycles. The maximum absolute atomic E-state index is 12.8. The van der Waals surface area contributed by atoms with Crippen molar-refractivity contribution in [2.45, 2.75) is 6.42 Å². The highest BCUT2D eigenvalue weighted by Crippen LogP contribution is 2.28. The largest absolute Gasteiger partial charge is 0.339 e. The van der Waals surface area contributed by atoms with E-state index in [1.165, 1.54) is 6.07 Å². The molecule has 1 nitrogen and oxygen atoms in total. The predicted molar refractivity (Wildman–Crippen MR) is 51.1 cm³/mol. The zero-order valence-corrected chi connectivity index (χ0v) is 7.49. The van der Waals surface area contributed by atoms with Crippen LogP contribution in [0.2, 0.25) is 0 Å². The van der Waals surface area contributed by atoms with E-state index in [0.717, 1.165) is 16.2 Å². The number of halogens is 1. The minimum atomic E-state index is -0.188. The fraction of sp³-hybridized carbons (Fsp3) is 0.222. The molecule has 0 atom stereocenters. The first kappa shape index (κ1) is 7.68. The number of fused-ring (bicyclic) bond motifs is 1. The van der Waals surface area contributed by atoms with E-state index in [1.54, 1.807) is 12.1 Å². The lowest BCUT2D eigenvalue weighted by Crippen LogP contribution is -2.18. The smallest absolute Gasteiger partial charge is 0.123 e. The van der Waals surface area contributed by atoms with Crippen molar-refractivity contribution in [3.05, 3.63) is 29.6 Å². The second-order valence-corrected chi connectivity index (χ2v) is 3.37. The Morgan fingerprint density at radius 2 is 2.25 bits per heavy atom. The van der Waals surface area contributed by atoms with Gasteiger partial charge in [0.25, 0.3) is 0 Å². The Balaban J connectivity index is 2.54. The summed E-state index contributed by atoms with van der Waals surface area (Å²) >= 11 is 5.09. The second-order valence-electron chi connectivity index (χ2n) is 2.90. The normalized spacial score (nSPS) is 15.2. The van der Waals surface area contributed by atoms with Crippen LogP contribution in [0.4, 0.5) is 10.1 Å². The van der Waals surface area contributed by atoms with Crippen LogP contribution in [-0.4, -0.2) is 12.0 Å². The van der Waals surface area contributed by atoms with Crippen LogP contribution in [0.3, 0.4) is 0 Å². The number of benzene rings is 1. The molecule has 12 heavy (non-hydrogen) atoms. The Morgan fingerprint density at radius 3 is 3.00 bits per heavy atom. The molecule has 1 aromatic rings. The molecule has 3 heteroatoms. The van der Waals surface area contributed by atoms with Crippen LogP contribution < -0.4 is 4.90 Å². The third kappa shape index (κ3) is 1.01. The average Bonchev–Trinajstić information content (AvgIpc) is 2.28. The van der Waals surface area contributed by atoms with Gasteiger partial charge in [0.15, 0.2) is 0 Å². The summed E-state index contributed by atoms with van der Waals surface area (Å²) in [6.07, 6.45) is 0.693. The number of likely N-dealkylation sites (N-methyl/N-ethyl adjacent to an activating group) is 1. The van der Waals surface area contributed by atoms with Crippen LogP contribution in [0.1, 0.15) is 5.56 Å². The van der Waals surface area contributed by atoms with Crippen LogP contribution in [-0.2, 0) is 6.42 Å². The van der Waals surface area contributed by atoms with E-state index >= 15 is 0 Å². The van der Waals surface area contributed by atoms with Gasteiger partial charge in [-0.2, -0.15) is 0 Å². The summed E-state index contributed by atoms with van der Waals surface area (Å²) in [7, 11) is 1.91. The number of anilines is 1. The molecule has 0 amide bonds. The lowest BCUT2D eigenvalue weighted by molar-refractivity contribution is 0.627. The van der Waals surface area contributed by atoms with E-state index in [2.05, 4.69) is 0 Å². The van der Waals surface area contributed by atoms with Gasteiger partial charge in [0.05, 0.1) is 4.99 Å². The van der Waals surface area contributed by atoms with Crippen LogP contribution in [0.25, 0.3) is 0 Å². The molecule has 0 saturated carbocycles. The van der Waals surface area contributed by atoms with Crippen LogP contribution >= 0.6 is 12.2 Å². The highest BCUT2D eigenvalue weighted by molar-refractivity contribution is 7.80. The lowest BCUT2D eigenvalue weighted by Gasteiger charge is -2.11. The highest BCUT2D eigenvalue weighted by Gasteiger charge is 2.20. The number of hydrogen-bond donors (Lipinski definition) is 0. The Bertz CT molecular complexity index is 348. The van der Waals surface area contributed by atoms with Gasteiger partial charge in [-0.15, -0.1) is 0 Å². The molecule has 0 aromatic heterocycles. The third-order valence-electron chi connectivity index (χ3n) is 2.12. The first-order valence-electron chi connectivity index (χ1n) is 3.73. The molecule has 0 radical (unpaired) electrons. The summed E-state index contributed by atoms with van der Waals surface area (Å²) in [6.45, 7) is 0. The van der Waals surface area contributed by atoms with Crippen molar-refractivity contribution in [2.24, 2.45) is 0 Å². The van der Waals surface area contributed by atoms with Gasteiger partial charge in [-0.25, -0.2) is 4.39 Å². The summed E-state index contributed by atoms with van der Waals surface area (Å²) in [5.41, 5.74) is 2.02. The monoisotopic (exact) mass is 181 g/mol. The molecule has 0 spiro atoms. The van der Waals surface area contributed by atoms with Crippen molar-refractivity contribution in [1.29, 1.82) is 0 Å². The van der Waals surface area contributed by atoms with E-state index in [4.69, 9.17) is 12.2 Å².